The molecule has 0 saturated carbocycles. The average Bonchev–Trinajstić information content (AvgIpc) is 2.94. The van der Waals surface area contributed by atoms with Gasteiger partial charge in [0, 0.05) is 0 Å². The number of quaternary nitrogens is 1. The quantitative estimate of drug-likeness (QED) is 0.0444. The van der Waals surface area contributed by atoms with E-state index in [1.54, 1.807) is 0 Å². The Morgan fingerprint density at radius 1 is 0.537 bits per heavy atom. The van der Waals surface area contributed by atoms with Crippen molar-refractivity contribution in [2.24, 2.45) is 17.8 Å². The summed E-state index contributed by atoms with van der Waals surface area (Å²) in [6.07, 6.45) is 23.1. The molecule has 3 atom stereocenters. The molecule has 0 aromatic heterocycles. The molecule has 0 saturated heterocycles. The van der Waals surface area contributed by atoms with Crippen LogP contribution in [-0.2, 0) is 14.4 Å². The molecule has 0 aromatic rings. The van der Waals surface area contributed by atoms with Crippen LogP contribution in [0.2, 0.25) is 0 Å². The average molecular weight is 583 g/mol. The van der Waals surface area contributed by atoms with E-state index in [1.165, 1.54) is 77.0 Å². The Labute approximate surface area is 251 Å². The lowest BCUT2D eigenvalue weighted by atomic mass is 9.95. The molecule has 240 valence electrons. The molecule has 0 radical (unpaired) electrons. The van der Waals surface area contributed by atoms with Gasteiger partial charge in [0.1, 0.15) is 17.8 Å². The van der Waals surface area contributed by atoms with Crippen molar-refractivity contribution in [1.29, 1.82) is 0 Å². The highest BCUT2D eigenvalue weighted by Crippen LogP contribution is 2.25. The third-order valence-electron chi connectivity index (χ3n) is 8.89. The maximum atomic E-state index is 12.0. The molecule has 41 heavy (non-hydrogen) atoms. The van der Waals surface area contributed by atoms with E-state index in [9.17, 15) is 29.7 Å². The Morgan fingerprint density at radius 2 is 0.805 bits per heavy atom. The number of carbonyl (C=O) groups is 3. The van der Waals surface area contributed by atoms with Gasteiger partial charge in [0.25, 0.3) is 0 Å². The second-order valence-corrected chi connectivity index (χ2v) is 12.3. The maximum Gasteiger partial charge on any atom is 0.312 e. The Hall–Kier alpha value is -1.89. The van der Waals surface area contributed by atoms with Crippen LogP contribution in [0.1, 0.15) is 143 Å². The summed E-state index contributed by atoms with van der Waals surface area (Å²) >= 11 is 0. The number of aliphatic carboxylic acids is 3. The van der Waals surface area contributed by atoms with E-state index in [0.29, 0.717) is 25.8 Å². The van der Waals surface area contributed by atoms with Gasteiger partial charge in [-0.25, -0.2) is 0 Å². The van der Waals surface area contributed by atoms with Gasteiger partial charge in [0.05, 0.1) is 26.2 Å². The van der Waals surface area contributed by atoms with Gasteiger partial charge in [-0.1, -0.05) is 104 Å². The van der Waals surface area contributed by atoms with Gasteiger partial charge in [-0.15, -0.1) is 6.58 Å². The molecule has 0 amide bonds. The molecule has 0 aliphatic rings. The van der Waals surface area contributed by atoms with Crippen molar-refractivity contribution in [3.63, 3.8) is 0 Å². The maximum absolute atomic E-state index is 12.0. The van der Waals surface area contributed by atoms with Crippen LogP contribution in [0.15, 0.2) is 12.7 Å². The fourth-order valence-electron chi connectivity index (χ4n) is 6.08. The van der Waals surface area contributed by atoms with E-state index in [0.717, 1.165) is 25.7 Å². The lowest BCUT2D eigenvalue weighted by Crippen LogP contribution is -2.58. The zero-order chi connectivity index (χ0) is 30.9. The summed E-state index contributed by atoms with van der Waals surface area (Å²) in [5.41, 5.74) is 0. The largest absolute Gasteiger partial charge is 0.481 e. The number of allylic oxidation sites excluding steroid dienone is 1. The smallest absolute Gasteiger partial charge is 0.312 e. The van der Waals surface area contributed by atoms with Crippen molar-refractivity contribution >= 4 is 17.9 Å². The van der Waals surface area contributed by atoms with Gasteiger partial charge in [0.15, 0.2) is 0 Å². The molecule has 3 N–H and O–H groups in total. The topological polar surface area (TPSA) is 112 Å². The van der Waals surface area contributed by atoms with Crippen molar-refractivity contribution in [2.45, 2.75) is 143 Å². The van der Waals surface area contributed by atoms with Gasteiger partial charge in [-0.05, 0) is 44.9 Å². The van der Waals surface area contributed by atoms with E-state index in [2.05, 4.69) is 6.58 Å². The summed E-state index contributed by atoms with van der Waals surface area (Å²) in [5, 5.41) is 29.4. The minimum Gasteiger partial charge on any atom is -0.481 e. The molecule has 0 spiro atoms. The third kappa shape index (κ3) is 19.0. The molecule has 0 aromatic carbocycles. The summed E-state index contributed by atoms with van der Waals surface area (Å²) in [7, 11) is 0. The van der Waals surface area contributed by atoms with E-state index < -0.39 is 35.7 Å². The standard InChI is InChI=1S/C34H63NO6/c1-5-9-10-11-12-13-14-15-16-17-18-19-20-21-22-23-24-25-35(26-29(6-2)32(36)37,27-30(7-3)33(38)39)28-31(8-4)34(40)41/h5,29-31H,1,6-28H2,2-4H3,(H2-,36,37,38,39,40,41)/p+1. The molecule has 0 heterocycles. The van der Waals surface area contributed by atoms with Crippen LogP contribution >= 0.6 is 0 Å². The molecular formula is C34H64NO6+. The summed E-state index contributed by atoms with van der Waals surface area (Å²) in [6.45, 7) is 10.8. The van der Waals surface area contributed by atoms with Gasteiger partial charge < -0.3 is 19.8 Å². The summed E-state index contributed by atoms with van der Waals surface area (Å²) in [5.74, 6) is -4.51. The Morgan fingerprint density at radius 3 is 1.05 bits per heavy atom. The predicted octanol–water partition coefficient (Wildman–Crippen LogP) is 8.56. The molecule has 0 rings (SSSR count). The second-order valence-electron chi connectivity index (χ2n) is 12.3. The number of unbranched alkanes of at least 4 members (excludes halogenated alkanes) is 15. The number of hydrogen-bond donors (Lipinski definition) is 3. The lowest BCUT2D eigenvalue weighted by molar-refractivity contribution is -0.935. The first kappa shape index (κ1) is 39.1. The molecular weight excluding hydrogens is 518 g/mol. The molecule has 0 bridgehead atoms. The second kappa shape index (κ2) is 24.7. The molecule has 0 aliphatic heterocycles. The SMILES string of the molecule is C=CCCCCCCCCCCCCCCCCC[N+](CC(CC)C(=O)O)(CC(CC)C(=O)O)CC(CC)C(=O)O. The highest BCUT2D eigenvalue weighted by Gasteiger charge is 2.40. The minimum absolute atomic E-state index is 0.259. The zero-order valence-corrected chi connectivity index (χ0v) is 26.8. The van der Waals surface area contributed by atoms with Gasteiger partial charge in [-0.3, -0.25) is 14.4 Å². The number of hydrogen-bond acceptors (Lipinski definition) is 3. The van der Waals surface area contributed by atoms with Crippen molar-refractivity contribution in [2.75, 3.05) is 26.2 Å². The number of carboxylic acid groups (broad SMARTS) is 3. The van der Waals surface area contributed by atoms with E-state index in [1.807, 2.05) is 26.8 Å². The van der Waals surface area contributed by atoms with Crippen LogP contribution in [0, 0.1) is 17.8 Å². The Bertz CT molecular complexity index is 650. The summed E-state index contributed by atoms with van der Waals surface area (Å²) < 4.78 is 0.259. The zero-order valence-electron chi connectivity index (χ0n) is 26.8. The Balaban J connectivity index is 4.73. The van der Waals surface area contributed by atoms with Crippen molar-refractivity contribution < 1.29 is 34.2 Å². The summed E-state index contributed by atoms with van der Waals surface area (Å²) in [4.78, 5) is 35.9. The van der Waals surface area contributed by atoms with Gasteiger partial charge in [0.2, 0.25) is 0 Å². The van der Waals surface area contributed by atoms with Crippen molar-refractivity contribution in [3.8, 4) is 0 Å². The highest BCUT2D eigenvalue weighted by molar-refractivity contribution is 5.71. The molecule has 7 heteroatoms. The first-order chi connectivity index (χ1) is 19.7. The fourth-order valence-corrected chi connectivity index (χ4v) is 6.08. The van der Waals surface area contributed by atoms with Crippen molar-refractivity contribution in [3.05, 3.63) is 12.7 Å². The van der Waals surface area contributed by atoms with Gasteiger partial charge in [-0.2, -0.15) is 0 Å². The normalized spacial score (nSPS) is 15.1. The third-order valence-corrected chi connectivity index (χ3v) is 8.89. The van der Waals surface area contributed by atoms with Crippen LogP contribution in [0.4, 0.5) is 0 Å². The number of nitrogens with zero attached hydrogens (tertiary/aromatic N) is 1. The van der Waals surface area contributed by atoms with E-state index >= 15 is 0 Å². The first-order valence-corrected chi connectivity index (χ1v) is 16.8. The van der Waals surface area contributed by atoms with E-state index in [-0.39, 0.29) is 24.1 Å². The number of rotatable bonds is 30. The highest BCUT2D eigenvalue weighted by atomic mass is 16.4. The van der Waals surface area contributed by atoms with Crippen LogP contribution in [0.25, 0.3) is 0 Å². The summed E-state index contributed by atoms with van der Waals surface area (Å²) in [6, 6.07) is 0. The monoisotopic (exact) mass is 582 g/mol. The van der Waals surface area contributed by atoms with Crippen LogP contribution < -0.4 is 0 Å². The van der Waals surface area contributed by atoms with Crippen LogP contribution in [0.5, 0.6) is 0 Å². The molecule has 7 nitrogen and oxygen atoms in total. The van der Waals surface area contributed by atoms with Crippen LogP contribution in [0.3, 0.4) is 0 Å². The van der Waals surface area contributed by atoms with Crippen molar-refractivity contribution in [1.82, 2.24) is 0 Å². The fraction of sp³-hybridized carbons (Fsp3) is 0.853. The molecule has 3 unspecified atom stereocenters. The predicted molar refractivity (Wildman–Crippen MR) is 168 cm³/mol. The van der Waals surface area contributed by atoms with Crippen LogP contribution in [-0.4, -0.2) is 63.9 Å². The minimum atomic E-state index is -0.888. The lowest BCUT2D eigenvalue weighted by Gasteiger charge is -2.43. The van der Waals surface area contributed by atoms with E-state index in [4.69, 9.17) is 0 Å². The molecule has 0 fully saturated rings. The number of carboxylic acids is 3. The molecule has 0 aliphatic carbocycles. The Kier molecular flexibility index (Phi) is 23.5. The first-order valence-electron chi connectivity index (χ1n) is 16.8. The van der Waals surface area contributed by atoms with Gasteiger partial charge >= 0.3 is 17.9 Å².